The molecule has 3 aromatic rings. The molecule has 1 fully saturated rings. The second kappa shape index (κ2) is 8.51. The van der Waals surface area contributed by atoms with Gasteiger partial charge in [0.2, 0.25) is 5.75 Å². The maximum absolute atomic E-state index is 12.6. The molecule has 30 heavy (non-hydrogen) atoms. The fraction of sp³-hybridized carbons (Fsp3) is 0.250. The Morgan fingerprint density at radius 2 is 1.93 bits per heavy atom. The van der Waals surface area contributed by atoms with Crippen LogP contribution in [0.2, 0.25) is 10.0 Å². The van der Waals surface area contributed by atoms with Crippen molar-refractivity contribution in [3.05, 3.63) is 68.2 Å². The van der Waals surface area contributed by atoms with Crippen LogP contribution in [-0.2, 0) is 11.3 Å². The van der Waals surface area contributed by atoms with Crippen LogP contribution in [-0.4, -0.2) is 46.7 Å². The summed E-state index contributed by atoms with van der Waals surface area (Å²) in [5, 5.41) is 13.6. The minimum atomic E-state index is -0.715. The first-order valence-electron chi connectivity index (χ1n) is 9.24. The number of morpholine rings is 1. The van der Waals surface area contributed by atoms with Crippen molar-refractivity contribution in [2.24, 2.45) is 0 Å². The van der Waals surface area contributed by atoms with Gasteiger partial charge in [0.15, 0.2) is 5.69 Å². The van der Waals surface area contributed by atoms with Crippen molar-refractivity contribution in [2.75, 3.05) is 31.2 Å². The van der Waals surface area contributed by atoms with Gasteiger partial charge in [-0.3, -0.25) is 14.0 Å². The standard InChI is InChI=1S/C20H18Cl2N4O4/c21-14-2-1-12(9-15(14)22)11-23-19(28)17-18(27)20(29)26-4-3-13(10-16(26)24-17)25-5-7-30-8-6-25/h1-4,9-10,27H,5-8,11H2,(H,23,28). The molecule has 4 rings (SSSR count). The van der Waals surface area contributed by atoms with Gasteiger partial charge in [-0.2, -0.15) is 0 Å². The van der Waals surface area contributed by atoms with Crippen molar-refractivity contribution < 1.29 is 14.6 Å². The molecule has 0 radical (unpaired) electrons. The van der Waals surface area contributed by atoms with Gasteiger partial charge in [0, 0.05) is 37.6 Å². The van der Waals surface area contributed by atoms with Gasteiger partial charge in [0.1, 0.15) is 5.65 Å². The van der Waals surface area contributed by atoms with E-state index in [-0.39, 0.29) is 17.9 Å². The SMILES string of the molecule is O=C(NCc1ccc(Cl)c(Cl)c1)c1nc2cc(N3CCOCC3)ccn2c(=O)c1O. The Morgan fingerprint density at radius 1 is 1.17 bits per heavy atom. The van der Waals surface area contributed by atoms with E-state index in [0.717, 1.165) is 18.8 Å². The Hall–Kier alpha value is -2.81. The molecule has 0 spiro atoms. The molecular weight excluding hydrogens is 431 g/mol. The minimum absolute atomic E-state index is 0.129. The van der Waals surface area contributed by atoms with Crippen LogP contribution in [0.25, 0.3) is 5.65 Å². The van der Waals surface area contributed by atoms with Crippen LogP contribution in [0.3, 0.4) is 0 Å². The predicted molar refractivity (Wildman–Crippen MR) is 114 cm³/mol. The number of nitrogens with one attached hydrogen (secondary N) is 1. The highest BCUT2D eigenvalue weighted by Crippen LogP contribution is 2.23. The van der Waals surface area contributed by atoms with E-state index >= 15 is 0 Å². The molecular formula is C20H18Cl2N4O4. The Balaban J connectivity index is 1.61. The van der Waals surface area contributed by atoms with Gasteiger partial charge < -0.3 is 20.1 Å². The molecule has 1 aromatic carbocycles. The van der Waals surface area contributed by atoms with Crippen molar-refractivity contribution in [3.8, 4) is 5.75 Å². The number of amides is 1. The highest BCUT2D eigenvalue weighted by Gasteiger charge is 2.20. The average Bonchev–Trinajstić information content (AvgIpc) is 2.77. The topological polar surface area (TPSA) is 96.2 Å². The minimum Gasteiger partial charge on any atom is -0.501 e. The lowest BCUT2D eigenvalue weighted by Crippen LogP contribution is -2.36. The molecule has 0 bridgehead atoms. The van der Waals surface area contributed by atoms with Gasteiger partial charge in [-0.1, -0.05) is 29.3 Å². The lowest BCUT2D eigenvalue weighted by molar-refractivity contribution is 0.0942. The average molecular weight is 449 g/mol. The second-order valence-electron chi connectivity index (χ2n) is 6.76. The number of benzene rings is 1. The molecule has 8 nitrogen and oxygen atoms in total. The summed E-state index contributed by atoms with van der Waals surface area (Å²) >= 11 is 11.9. The summed E-state index contributed by atoms with van der Waals surface area (Å²) in [4.78, 5) is 31.5. The number of anilines is 1. The van der Waals surface area contributed by atoms with E-state index in [1.807, 2.05) is 0 Å². The first-order chi connectivity index (χ1) is 14.4. The van der Waals surface area contributed by atoms with E-state index in [0.29, 0.717) is 28.8 Å². The van der Waals surface area contributed by atoms with E-state index in [4.69, 9.17) is 27.9 Å². The second-order valence-corrected chi connectivity index (χ2v) is 7.57. The van der Waals surface area contributed by atoms with Gasteiger partial charge in [-0.15, -0.1) is 0 Å². The zero-order valence-corrected chi connectivity index (χ0v) is 17.3. The summed E-state index contributed by atoms with van der Waals surface area (Å²) in [6.45, 7) is 2.79. The molecule has 0 saturated carbocycles. The highest BCUT2D eigenvalue weighted by atomic mass is 35.5. The third-order valence-corrected chi connectivity index (χ3v) is 5.56. The van der Waals surface area contributed by atoms with Crippen molar-refractivity contribution in [1.29, 1.82) is 0 Å². The van der Waals surface area contributed by atoms with Gasteiger partial charge in [-0.05, 0) is 23.8 Å². The number of pyridine rings is 1. The molecule has 10 heteroatoms. The Kier molecular flexibility index (Phi) is 5.80. The third kappa shape index (κ3) is 4.07. The van der Waals surface area contributed by atoms with E-state index < -0.39 is 17.2 Å². The van der Waals surface area contributed by atoms with Crippen LogP contribution in [0.1, 0.15) is 16.1 Å². The summed E-state index contributed by atoms with van der Waals surface area (Å²) < 4.78 is 6.56. The lowest BCUT2D eigenvalue weighted by atomic mass is 10.2. The Labute approximate surface area is 181 Å². The molecule has 3 heterocycles. The number of carbonyl (C=O) groups is 1. The normalized spacial score (nSPS) is 14.1. The number of aromatic nitrogens is 2. The van der Waals surface area contributed by atoms with E-state index in [1.54, 1.807) is 30.3 Å². The molecule has 2 N–H and O–H groups in total. The molecule has 1 aliphatic heterocycles. The molecule has 156 valence electrons. The fourth-order valence-corrected chi connectivity index (χ4v) is 3.53. The van der Waals surface area contributed by atoms with Gasteiger partial charge in [0.25, 0.3) is 5.91 Å². The Bertz CT molecular complexity index is 1180. The number of halogens is 2. The van der Waals surface area contributed by atoms with E-state index in [2.05, 4.69) is 15.2 Å². The third-order valence-electron chi connectivity index (χ3n) is 4.82. The number of hydrogen-bond acceptors (Lipinski definition) is 6. The molecule has 1 saturated heterocycles. The lowest BCUT2D eigenvalue weighted by Gasteiger charge is -2.28. The molecule has 0 atom stereocenters. The number of nitrogens with zero attached hydrogens (tertiary/aromatic N) is 3. The number of rotatable bonds is 4. The number of fused-ring (bicyclic) bond motifs is 1. The zero-order valence-electron chi connectivity index (χ0n) is 15.8. The van der Waals surface area contributed by atoms with Crippen LogP contribution >= 0.6 is 23.2 Å². The summed E-state index contributed by atoms with van der Waals surface area (Å²) in [5.41, 5.74) is 0.788. The summed E-state index contributed by atoms with van der Waals surface area (Å²) in [6.07, 6.45) is 1.53. The summed E-state index contributed by atoms with van der Waals surface area (Å²) in [6, 6.07) is 8.44. The summed E-state index contributed by atoms with van der Waals surface area (Å²) in [7, 11) is 0. The quantitative estimate of drug-likeness (QED) is 0.636. The molecule has 2 aromatic heterocycles. The van der Waals surface area contributed by atoms with Crippen molar-refractivity contribution in [3.63, 3.8) is 0 Å². The smallest absolute Gasteiger partial charge is 0.300 e. The monoisotopic (exact) mass is 448 g/mol. The van der Waals surface area contributed by atoms with Gasteiger partial charge >= 0.3 is 5.56 Å². The fourth-order valence-electron chi connectivity index (χ4n) is 3.21. The first kappa shape index (κ1) is 20.5. The number of ether oxygens (including phenoxy) is 1. The zero-order chi connectivity index (χ0) is 21.3. The van der Waals surface area contributed by atoms with Crippen molar-refractivity contribution in [2.45, 2.75) is 6.54 Å². The van der Waals surface area contributed by atoms with E-state index in [9.17, 15) is 14.7 Å². The van der Waals surface area contributed by atoms with Crippen LogP contribution in [0.5, 0.6) is 5.75 Å². The summed E-state index contributed by atoms with van der Waals surface area (Å²) in [5.74, 6) is -1.38. The molecule has 1 aliphatic rings. The van der Waals surface area contributed by atoms with Crippen LogP contribution in [0.4, 0.5) is 5.69 Å². The number of hydrogen-bond donors (Lipinski definition) is 2. The number of aromatic hydroxyl groups is 1. The molecule has 0 unspecified atom stereocenters. The predicted octanol–water partition coefficient (Wildman–Crippen LogP) is 2.47. The Morgan fingerprint density at radius 3 is 2.67 bits per heavy atom. The first-order valence-corrected chi connectivity index (χ1v) is 10.00. The van der Waals surface area contributed by atoms with Crippen LogP contribution in [0, 0.1) is 0 Å². The maximum Gasteiger partial charge on any atom is 0.300 e. The highest BCUT2D eigenvalue weighted by molar-refractivity contribution is 6.42. The van der Waals surface area contributed by atoms with E-state index in [1.165, 1.54) is 10.6 Å². The number of carbonyl (C=O) groups excluding carboxylic acids is 1. The van der Waals surface area contributed by atoms with Crippen molar-refractivity contribution >= 4 is 40.4 Å². The molecule has 1 amide bonds. The van der Waals surface area contributed by atoms with Crippen LogP contribution < -0.4 is 15.8 Å². The maximum atomic E-state index is 12.6. The van der Waals surface area contributed by atoms with Crippen molar-refractivity contribution in [1.82, 2.24) is 14.7 Å². The van der Waals surface area contributed by atoms with Gasteiger partial charge in [0.05, 0.1) is 23.3 Å². The van der Waals surface area contributed by atoms with Gasteiger partial charge in [-0.25, -0.2) is 4.98 Å². The van der Waals surface area contributed by atoms with Crippen LogP contribution in [0.15, 0.2) is 41.3 Å². The largest absolute Gasteiger partial charge is 0.501 e. The molecule has 0 aliphatic carbocycles.